The molecular formula is C72H103GaN17O19. The van der Waals surface area contributed by atoms with Crippen LogP contribution in [0.4, 0.5) is 0 Å². The van der Waals surface area contributed by atoms with Crippen molar-refractivity contribution in [3.8, 4) is 5.75 Å². The van der Waals surface area contributed by atoms with Gasteiger partial charge in [-0.2, -0.15) is 0 Å². The van der Waals surface area contributed by atoms with Crippen molar-refractivity contribution in [3.63, 3.8) is 0 Å². The second-order valence-corrected chi connectivity index (χ2v) is 27.5. The molecule has 10 amide bonds. The number of nitrogens with zero attached hydrogens (tertiary/aromatic N) is 4. The van der Waals surface area contributed by atoms with Crippen molar-refractivity contribution in [2.75, 3.05) is 78.7 Å². The molecule has 1 aliphatic heterocycles. The molecule has 593 valence electrons. The van der Waals surface area contributed by atoms with Crippen LogP contribution in [0, 0.1) is 11.8 Å². The zero-order valence-electron chi connectivity index (χ0n) is 61.2. The first-order valence-corrected chi connectivity index (χ1v) is 36.0. The molecule has 37 heteroatoms. The van der Waals surface area contributed by atoms with Gasteiger partial charge in [-0.15, -0.1) is 0 Å². The number of primary amides is 1. The number of phenolic OH excluding ortho intramolecular Hbond substituents is 1. The van der Waals surface area contributed by atoms with Gasteiger partial charge < -0.3 is 101 Å². The average molecular weight is 1580 g/mol. The number of nitrogens with one attached hydrogen (secondary N) is 10. The van der Waals surface area contributed by atoms with Crippen molar-refractivity contribution in [1.29, 1.82) is 0 Å². The zero-order chi connectivity index (χ0) is 79.0. The standard InChI is InChI=1S/C72H103N17O19.Ga/c1-42(2)30-51(65(102)84-55(69(106)85-57(40-90)63(73)100)34-46-36-77-49-17-10-9-16-48(46)49)80-66(103)54(33-45-19-21-47(92)22-20-45)81-64(101)50(18-11-23-76-72(74)75)79-71(108)58(41-91)86-68(105)53(32-44-14-7-4-8-15-44)82-67(104)52(31-43-12-5-3-6-13-43)83-70(107)56(35-60(94)95)78-59(93)37-87-24-26-88(38-61(96)97)28-29-89(27-25-87)39-62(98)99;/h4,7-10,14-17,19-22,36,42-43,50-58,77,90-92H,3,5-6,11-13,18,23-35,37-41H2,1-2H3,(H2,73,100)(H,78,93)(H,79,108)(H,80,103)(H,81,101)(H,82,104)(H,83,107)(H,84,102)(H,85,106)(H,86,105)(H,94,95)(H,96,97)(H,98,99)(H4,74,75,76);/t50-,51+,52+,53+,54+,55+,56+,57+,58-;/m1./s1/i;1-2. The molecule has 109 heavy (non-hydrogen) atoms. The van der Waals surface area contributed by atoms with E-state index in [-0.39, 0.29) is 147 Å². The van der Waals surface area contributed by atoms with Gasteiger partial charge in [-0.1, -0.05) is 107 Å². The number of guanidine groups is 1. The SMILES string of the molecule is CC(C)C[C@H](NC(=O)[C@H](Cc1ccc(O)cc1)NC(=O)[C@@H](CCCN=C(N)N)NC(=O)[C@@H](CO)NC(=O)[C@H](Cc1ccccc1)NC(=O)[C@H](CC1CCCCC1)NC(=O)[C@H](CC(=O)O)NC(=O)CN1CCN(CC(=O)O)CCN(CC(=O)O)CC1)C(=O)N[C@@H](Cc1c[nH]c2ccccc12)C(=O)N[C@@H](CO)C(N)=O.[68Ga]. The van der Waals surface area contributed by atoms with Gasteiger partial charge in [0.05, 0.1) is 39.3 Å². The van der Waals surface area contributed by atoms with E-state index in [1.807, 2.05) is 0 Å². The van der Waals surface area contributed by atoms with Crippen molar-refractivity contribution in [2.24, 2.45) is 34.0 Å². The number of para-hydroxylation sites is 1. The van der Waals surface area contributed by atoms with Crippen LogP contribution in [0.3, 0.4) is 0 Å². The van der Waals surface area contributed by atoms with Gasteiger partial charge in [-0.05, 0) is 72.4 Å². The van der Waals surface area contributed by atoms with Crippen LogP contribution in [0.15, 0.2) is 90.1 Å². The van der Waals surface area contributed by atoms with Gasteiger partial charge in [0.25, 0.3) is 0 Å². The Labute approximate surface area is 643 Å². The Morgan fingerprint density at radius 1 is 0.495 bits per heavy atom. The molecule has 0 spiro atoms. The van der Waals surface area contributed by atoms with E-state index in [1.54, 1.807) is 89.3 Å². The maximum atomic E-state index is 14.9. The molecule has 3 aromatic carbocycles. The smallest absolute Gasteiger partial charge is 0.317 e. The number of H-pyrrole nitrogens is 1. The number of carbonyl (C=O) groups excluding carboxylic acids is 10. The minimum absolute atomic E-state index is 0. The average Bonchev–Trinajstić information content (AvgIpc) is 1.60. The summed E-state index contributed by atoms with van der Waals surface area (Å²) in [6.45, 7) is 1.37. The predicted molar refractivity (Wildman–Crippen MR) is 398 cm³/mol. The van der Waals surface area contributed by atoms with E-state index in [4.69, 9.17) is 17.2 Å². The van der Waals surface area contributed by atoms with Gasteiger partial charge in [-0.25, -0.2) is 0 Å². The number of hydrogen-bond acceptors (Lipinski definition) is 20. The van der Waals surface area contributed by atoms with Crippen LogP contribution in [0.1, 0.15) is 94.7 Å². The summed E-state index contributed by atoms with van der Waals surface area (Å²) in [5, 5.41) is 84.0. The second kappa shape index (κ2) is 45.6. The Kier molecular flexibility index (Phi) is 37.4. The summed E-state index contributed by atoms with van der Waals surface area (Å²) >= 11 is 0. The first-order valence-electron chi connectivity index (χ1n) is 36.0. The van der Waals surface area contributed by atoms with E-state index in [9.17, 15) is 93.0 Å². The van der Waals surface area contributed by atoms with Crippen molar-refractivity contribution in [1.82, 2.24) is 67.5 Å². The largest absolute Gasteiger partial charge is 0.508 e. The first-order chi connectivity index (χ1) is 51.5. The molecule has 2 aliphatic rings. The molecule has 6 rings (SSSR count). The summed E-state index contributed by atoms with van der Waals surface area (Å²) in [4.78, 5) is 190. The predicted octanol–water partition coefficient (Wildman–Crippen LogP) is -4.01. The number of carbonyl (C=O) groups is 13. The van der Waals surface area contributed by atoms with E-state index in [0.29, 0.717) is 40.4 Å². The van der Waals surface area contributed by atoms with Crippen LogP contribution in [-0.2, 0) is 81.6 Å². The molecule has 1 aromatic heterocycles. The minimum atomic E-state index is -1.87. The Hall–Kier alpha value is -10.2. The third-order valence-corrected chi connectivity index (χ3v) is 18.5. The zero-order valence-corrected chi connectivity index (χ0v) is 63.6. The molecule has 0 unspecified atom stereocenters. The molecule has 22 N–H and O–H groups in total. The number of amides is 10. The number of phenols is 1. The number of benzene rings is 3. The topological polar surface area (TPSA) is 567 Å². The number of rotatable bonds is 42. The normalized spacial score (nSPS) is 16.3. The number of aliphatic imine (C=N–C) groups is 1. The third kappa shape index (κ3) is 31.1. The van der Waals surface area contributed by atoms with Gasteiger partial charge in [0, 0.05) is 102 Å². The number of aliphatic hydroxyl groups is 2. The monoisotopic (exact) mass is 1580 g/mol. The fraction of sp³-hybridized carbons (Fsp3) is 0.528. The van der Waals surface area contributed by atoms with Crippen LogP contribution < -0.4 is 65.1 Å². The van der Waals surface area contributed by atoms with E-state index in [2.05, 4.69) is 57.8 Å². The number of aliphatic carboxylic acids is 3. The number of aromatic hydroxyl groups is 1. The Morgan fingerprint density at radius 2 is 0.936 bits per heavy atom. The van der Waals surface area contributed by atoms with E-state index in [1.165, 1.54) is 24.3 Å². The molecular weight excluding hydrogens is 1470 g/mol. The number of carboxylic acids is 3. The number of aromatic amines is 1. The van der Waals surface area contributed by atoms with Crippen molar-refractivity contribution >= 4 is 114 Å². The van der Waals surface area contributed by atoms with Crippen LogP contribution in [0.5, 0.6) is 5.75 Å². The van der Waals surface area contributed by atoms with Gasteiger partial charge in [0.1, 0.15) is 60.1 Å². The van der Waals surface area contributed by atoms with E-state index < -0.39 is 158 Å². The Bertz CT molecular complexity index is 3720. The number of nitrogens with two attached hydrogens (primary N) is 3. The van der Waals surface area contributed by atoms with E-state index in [0.717, 1.165) is 19.3 Å². The molecule has 4 aromatic rings. The molecule has 3 radical (unpaired) electrons. The molecule has 2 fully saturated rings. The molecule has 2 heterocycles. The number of aliphatic hydroxyl groups excluding tert-OH is 2. The van der Waals surface area contributed by atoms with Crippen molar-refractivity contribution < 1.29 is 93.0 Å². The summed E-state index contributed by atoms with van der Waals surface area (Å²) in [5.74, 6) is -14.4. The van der Waals surface area contributed by atoms with Gasteiger partial charge in [-0.3, -0.25) is 82.0 Å². The summed E-state index contributed by atoms with van der Waals surface area (Å²) in [7, 11) is 0. The summed E-state index contributed by atoms with van der Waals surface area (Å²) in [6.07, 6.45) is 3.47. The number of fused-ring (bicyclic) bond motifs is 1. The summed E-state index contributed by atoms with van der Waals surface area (Å²) in [5.41, 5.74) is 18.8. The quantitative estimate of drug-likeness (QED) is 0.00870. The maximum absolute atomic E-state index is 14.9. The summed E-state index contributed by atoms with van der Waals surface area (Å²) in [6, 6.07) is 6.79. The van der Waals surface area contributed by atoms with E-state index >= 15 is 0 Å². The van der Waals surface area contributed by atoms with Crippen LogP contribution in [0.2, 0.25) is 0 Å². The Balaban J connectivity index is 0.0000213. The number of carboxylic acid groups (broad SMARTS) is 3. The van der Waals surface area contributed by atoms with Crippen LogP contribution in [-0.4, -0.2) is 286 Å². The second-order valence-electron chi connectivity index (χ2n) is 27.5. The van der Waals surface area contributed by atoms with Crippen LogP contribution >= 0.6 is 0 Å². The molecule has 1 saturated heterocycles. The number of hydrogen-bond donors (Lipinski definition) is 19. The fourth-order valence-electron chi connectivity index (χ4n) is 12.8. The minimum Gasteiger partial charge on any atom is -0.508 e. The van der Waals surface area contributed by atoms with Gasteiger partial charge >= 0.3 is 17.9 Å². The fourth-order valence-corrected chi connectivity index (χ4v) is 12.8. The maximum Gasteiger partial charge on any atom is 0.317 e. The molecule has 1 saturated carbocycles. The molecule has 36 nitrogen and oxygen atoms in total. The molecule has 0 bridgehead atoms. The van der Waals surface area contributed by atoms with Gasteiger partial charge in [0.15, 0.2) is 5.96 Å². The van der Waals surface area contributed by atoms with Gasteiger partial charge in [0.2, 0.25) is 59.1 Å². The molecule has 9 atom stereocenters. The number of aromatic nitrogens is 1. The van der Waals surface area contributed by atoms with Crippen molar-refractivity contribution in [3.05, 3.63) is 102 Å². The molecule has 1 aliphatic carbocycles. The summed E-state index contributed by atoms with van der Waals surface area (Å²) < 4.78 is 0. The van der Waals surface area contributed by atoms with Crippen molar-refractivity contribution in [2.45, 2.75) is 152 Å². The first kappa shape index (κ1) is 89.4. The van der Waals surface area contributed by atoms with Crippen LogP contribution in [0.25, 0.3) is 10.9 Å². The third-order valence-electron chi connectivity index (χ3n) is 18.5. The Morgan fingerprint density at radius 3 is 1.46 bits per heavy atom.